The van der Waals surface area contributed by atoms with E-state index >= 15 is 0 Å². The lowest BCUT2D eigenvalue weighted by Gasteiger charge is -2.09. The maximum Gasteiger partial charge on any atom is 0.263 e. The molecule has 1 heterocycles. The lowest BCUT2D eigenvalue weighted by atomic mass is 10.2. The summed E-state index contributed by atoms with van der Waals surface area (Å²) in [5.74, 6) is -0.594. The van der Waals surface area contributed by atoms with E-state index < -0.39 is 0 Å². The zero-order valence-electron chi connectivity index (χ0n) is 14.0. The van der Waals surface area contributed by atoms with Crippen LogP contribution in [0.5, 0.6) is 0 Å². The first kappa shape index (κ1) is 18.3. The maximum absolute atomic E-state index is 12.2. The van der Waals surface area contributed by atoms with E-state index in [1.807, 2.05) is 55.5 Å². The Hall–Kier alpha value is -2.51. The molecule has 2 N–H and O–H groups in total. The molecule has 0 saturated carbocycles. The number of aromatic nitrogens is 1. The van der Waals surface area contributed by atoms with Crippen LogP contribution in [-0.4, -0.2) is 23.3 Å². The van der Waals surface area contributed by atoms with Crippen LogP contribution >= 0.6 is 27.3 Å². The Morgan fingerprint density at radius 3 is 2.65 bits per heavy atom. The van der Waals surface area contributed by atoms with E-state index in [9.17, 15) is 9.59 Å². The monoisotopic (exact) mass is 429 g/mol. The molecule has 5 nitrogen and oxygen atoms in total. The molecule has 0 aliphatic heterocycles. The average molecular weight is 430 g/mol. The summed E-state index contributed by atoms with van der Waals surface area (Å²) in [6.45, 7) is 1.80. The Balaban J connectivity index is 1.57. The summed E-state index contributed by atoms with van der Waals surface area (Å²) in [7, 11) is 0. The van der Waals surface area contributed by atoms with Crippen LogP contribution in [-0.2, 0) is 4.79 Å². The van der Waals surface area contributed by atoms with E-state index in [-0.39, 0.29) is 18.4 Å². The number of anilines is 1. The van der Waals surface area contributed by atoms with Crippen molar-refractivity contribution in [3.8, 4) is 10.6 Å². The topological polar surface area (TPSA) is 71.1 Å². The van der Waals surface area contributed by atoms with Crippen molar-refractivity contribution in [3.63, 3.8) is 0 Å². The fourth-order valence-electron chi connectivity index (χ4n) is 2.30. The number of halogens is 1. The molecule has 26 heavy (non-hydrogen) atoms. The number of benzene rings is 2. The summed E-state index contributed by atoms with van der Waals surface area (Å²) in [5.41, 5.74) is 2.62. The minimum absolute atomic E-state index is 0.104. The van der Waals surface area contributed by atoms with Crippen LogP contribution in [0.4, 0.5) is 5.69 Å². The molecule has 3 aromatic rings. The predicted molar refractivity (Wildman–Crippen MR) is 107 cm³/mol. The Labute approximate surface area is 163 Å². The van der Waals surface area contributed by atoms with Gasteiger partial charge in [0.2, 0.25) is 5.91 Å². The number of rotatable bonds is 5. The highest BCUT2D eigenvalue weighted by Gasteiger charge is 2.13. The molecule has 7 heteroatoms. The molecule has 0 spiro atoms. The van der Waals surface area contributed by atoms with Crippen LogP contribution in [0.15, 0.2) is 59.2 Å². The zero-order valence-corrected chi connectivity index (χ0v) is 16.4. The van der Waals surface area contributed by atoms with E-state index in [0.717, 1.165) is 26.3 Å². The van der Waals surface area contributed by atoms with E-state index in [4.69, 9.17) is 0 Å². The van der Waals surface area contributed by atoms with Gasteiger partial charge in [-0.05, 0) is 30.7 Å². The molecular weight excluding hydrogens is 414 g/mol. The summed E-state index contributed by atoms with van der Waals surface area (Å²) in [6, 6.07) is 15.2. The zero-order chi connectivity index (χ0) is 18.5. The van der Waals surface area contributed by atoms with Gasteiger partial charge in [0.15, 0.2) is 0 Å². The van der Waals surface area contributed by atoms with Crippen molar-refractivity contribution in [2.24, 2.45) is 0 Å². The molecular formula is C19H16BrN3O2S. The second-order valence-corrected chi connectivity index (χ2v) is 7.53. The van der Waals surface area contributed by atoms with Crippen LogP contribution < -0.4 is 10.6 Å². The third-order valence-corrected chi connectivity index (χ3v) is 5.16. The van der Waals surface area contributed by atoms with Gasteiger partial charge in [0.05, 0.1) is 12.7 Å². The first-order valence-electron chi connectivity index (χ1n) is 7.88. The molecule has 0 radical (unpaired) electrons. The summed E-state index contributed by atoms with van der Waals surface area (Å²) >= 11 is 4.68. The second-order valence-electron chi connectivity index (χ2n) is 5.59. The van der Waals surface area contributed by atoms with Gasteiger partial charge in [-0.25, -0.2) is 4.98 Å². The van der Waals surface area contributed by atoms with E-state index in [0.29, 0.717) is 4.88 Å². The van der Waals surface area contributed by atoms with Crippen molar-refractivity contribution in [1.29, 1.82) is 0 Å². The standard InChI is InChI=1S/C19H16BrN3O2S/c1-12-9-14(20)7-8-15(12)23-17(24)11-21-18(25)16-10-22-19(26-16)13-5-3-2-4-6-13/h2-10H,11H2,1H3,(H,21,25)(H,23,24). The molecule has 2 amide bonds. The lowest BCUT2D eigenvalue weighted by molar-refractivity contribution is -0.115. The number of amides is 2. The molecule has 0 saturated heterocycles. The minimum atomic E-state index is -0.313. The van der Waals surface area contributed by atoms with Gasteiger partial charge >= 0.3 is 0 Å². The highest BCUT2D eigenvalue weighted by molar-refractivity contribution is 9.10. The summed E-state index contributed by atoms with van der Waals surface area (Å²) in [4.78, 5) is 29.0. The molecule has 0 fully saturated rings. The Kier molecular flexibility index (Phi) is 5.80. The molecule has 132 valence electrons. The molecule has 0 aliphatic carbocycles. The van der Waals surface area contributed by atoms with Gasteiger partial charge in [-0.2, -0.15) is 0 Å². The van der Waals surface area contributed by atoms with Crippen molar-refractivity contribution < 1.29 is 9.59 Å². The number of thiazole rings is 1. The number of hydrogen-bond acceptors (Lipinski definition) is 4. The number of nitrogens with one attached hydrogen (secondary N) is 2. The number of carbonyl (C=O) groups excluding carboxylic acids is 2. The highest BCUT2D eigenvalue weighted by Crippen LogP contribution is 2.24. The molecule has 0 aliphatic rings. The van der Waals surface area contributed by atoms with Gasteiger partial charge in [-0.1, -0.05) is 46.3 Å². The Morgan fingerprint density at radius 2 is 1.92 bits per heavy atom. The predicted octanol–water partition coefficient (Wildman–Crippen LogP) is 4.25. The van der Waals surface area contributed by atoms with Crippen LogP contribution in [0, 0.1) is 6.92 Å². The van der Waals surface area contributed by atoms with E-state index in [1.54, 1.807) is 0 Å². The smallest absolute Gasteiger partial charge is 0.263 e. The van der Waals surface area contributed by atoms with Crippen LogP contribution in [0.1, 0.15) is 15.2 Å². The van der Waals surface area contributed by atoms with Crippen molar-refractivity contribution >= 4 is 44.8 Å². The largest absolute Gasteiger partial charge is 0.342 e. The van der Waals surface area contributed by atoms with Crippen molar-refractivity contribution in [2.45, 2.75) is 6.92 Å². The first-order valence-corrected chi connectivity index (χ1v) is 9.49. The number of hydrogen-bond donors (Lipinski definition) is 2. The number of carbonyl (C=O) groups is 2. The van der Waals surface area contributed by atoms with Gasteiger partial charge < -0.3 is 10.6 Å². The third-order valence-electron chi connectivity index (χ3n) is 3.62. The highest BCUT2D eigenvalue weighted by atomic mass is 79.9. The van der Waals surface area contributed by atoms with Crippen LogP contribution in [0.3, 0.4) is 0 Å². The molecule has 2 aromatic carbocycles. The Bertz CT molecular complexity index is 941. The maximum atomic E-state index is 12.2. The number of aryl methyl sites for hydroxylation is 1. The number of nitrogens with zero attached hydrogens (tertiary/aromatic N) is 1. The average Bonchev–Trinajstić information content (AvgIpc) is 3.13. The van der Waals surface area contributed by atoms with E-state index in [1.165, 1.54) is 17.5 Å². The summed E-state index contributed by atoms with van der Waals surface area (Å²) in [5, 5.41) is 6.18. The lowest BCUT2D eigenvalue weighted by Crippen LogP contribution is -2.32. The normalized spacial score (nSPS) is 10.4. The van der Waals surface area contributed by atoms with Crippen molar-refractivity contribution in [2.75, 3.05) is 11.9 Å². The van der Waals surface area contributed by atoms with E-state index in [2.05, 4.69) is 31.5 Å². The summed E-state index contributed by atoms with van der Waals surface area (Å²) < 4.78 is 0.945. The van der Waals surface area contributed by atoms with Crippen molar-refractivity contribution in [1.82, 2.24) is 10.3 Å². The molecule has 3 rings (SSSR count). The van der Waals surface area contributed by atoms with Gasteiger partial charge in [0, 0.05) is 15.7 Å². The first-order chi connectivity index (χ1) is 12.5. The van der Waals surface area contributed by atoms with Gasteiger partial charge in [-0.15, -0.1) is 11.3 Å². The Morgan fingerprint density at radius 1 is 1.15 bits per heavy atom. The van der Waals surface area contributed by atoms with Gasteiger partial charge in [-0.3, -0.25) is 9.59 Å². The molecule has 1 aromatic heterocycles. The minimum Gasteiger partial charge on any atom is -0.342 e. The van der Waals surface area contributed by atoms with Crippen LogP contribution in [0.25, 0.3) is 10.6 Å². The van der Waals surface area contributed by atoms with Gasteiger partial charge in [0.1, 0.15) is 9.88 Å². The fraction of sp³-hybridized carbons (Fsp3) is 0.105. The molecule has 0 bridgehead atoms. The molecule has 0 atom stereocenters. The third kappa shape index (κ3) is 4.56. The quantitative estimate of drug-likeness (QED) is 0.636. The second kappa shape index (κ2) is 8.25. The van der Waals surface area contributed by atoms with Gasteiger partial charge in [0.25, 0.3) is 5.91 Å². The molecule has 0 unspecified atom stereocenters. The van der Waals surface area contributed by atoms with Crippen molar-refractivity contribution in [3.05, 3.63) is 69.6 Å². The fourth-order valence-corrected chi connectivity index (χ4v) is 3.62. The SMILES string of the molecule is Cc1cc(Br)ccc1NC(=O)CNC(=O)c1cnc(-c2ccccc2)s1. The summed E-state index contributed by atoms with van der Waals surface area (Å²) in [6.07, 6.45) is 1.53. The van der Waals surface area contributed by atoms with Crippen LogP contribution in [0.2, 0.25) is 0 Å².